The number of aryl methyl sites for hydroxylation is 1. The Bertz CT molecular complexity index is 777. The third kappa shape index (κ3) is 5.32. The topological polar surface area (TPSA) is 37.8 Å². The molecule has 1 aromatic carbocycles. The van der Waals surface area contributed by atoms with Gasteiger partial charge in [0, 0.05) is 38.6 Å². The van der Waals surface area contributed by atoms with Gasteiger partial charge in [0.05, 0.1) is 14.2 Å². The lowest BCUT2D eigenvalue weighted by Crippen LogP contribution is -2.33. The molecule has 0 saturated carbocycles. The van der Waals surface area contributed by atoms with Gasteiger partial charge in [0.25, 0.3) is 0 Å². The summed E-state index contributed by atoms with van der Waals surface area (Å²) in [7, 11) is 3.44. The summed E-state index contributed by atoms with van der Waals surface area (Å²) >= 11 is 0. The normalized spacial score (nSPS) is 20.0. The molecular weight excluding hydrogens is 374 g/mol. The van der Waals surface area contributed by atoms with E-state index < -0.39 is 0 Å². The lowest BCUT2D eigenvalue weighted by atomic mass is 10.0. The Labute approximate surface area is 181 Å². The second kappa shape index (κ2) is 10.3. The van der Waals surface area contributed by atoms with Crippen molar-refractivity contribution in [1.29, 1.82) is 0 Å². The minimum absolute atomic E-state index is 0.800. The molecule has 0 aliphatic carbocycles. The van der Waals surface area contributed by atoms with Crippen LogP contribution in [0, 0.1) is 5.92 Å². The van der Waals surface area contributed by atoms with Crippen molar-refractivity contribution in [2.24, 2.45) is 5.92 Å². The molecule has 0 N–H and O–H groups in total. The van der Waals surface area contributed by atoms with Gasteiger partial charge in [-0.25, -0.2) is 0 Å². The maximum atomic E-state index is 5.50. The third-order valence-electron chi connectivity index (χ3n) is 6.65. The molecule has 3 heterocycles. The van der Waals surface area contributed by atoms with Crippen LogP contribution < -0.4 is 9.47 Å². The Hall–Kier alpha value is -2.11. The third-order valence-corrected chi connectivity index (χ3v) is 6.65. The van der Waals surface area contributed by atoms with Gasteiger partial charge in [0.1, 0.15) is 0 Å². The summed E-state index contributed by atoms with van der Waals surface area (Å²) in [5.74, 6) is 2.50. The van der Waals surface area contributed by atoms with E-state index >= 15 is 0 Å². The van der Waals surface area contributed by atoms with E-state index in [-0.39, 0.29) is 0 Å². The van der Waals surface area contributed by atoms with Crippen LogP contribution >= 0.6 is 0 Å². The van der Waals surface area contributed by atoms with Crippen molar-refractivity contribution in [3.8, 4) is 11.5 Å². The molecule has 4 rings (SSSR count). The molecule has 5 nitrogen and oxygen atoms in total. The van der Waals surface area contributed by atoms with Crippen molar-refractivity contribution in [3.63, 3.8) is 0 Å². The smallest absolute Gasteiger partial charge is 0.161 e. The molecule has 2 aliphatic rings. The number of pyridine rings is 1. The number of likely N-dealkylation sites (tertiary alicyclic amines) is 1. The maximum absolute atomic E-state index is 5.50. The van der Waals surface area contributed by atoms with E-state index in [1.54, 1.807) is 14.2 Å². The number of hydrogen-bond acceptors (Lipinski definition) is 5. The van der Waals surface area contributed by atoms with Crippen LogP contribution in [-0.2, 0) is 19.3 Å². The fourth-order valence-corrected chi connectivity index (χ4v) is 4.96. The molecule has 5 heteroatoms. The van der Waals surface area contributed by atoms with E-state index in [1.807, 2.05) is 18.5 Å². The second-order valence-electron chi connectivity index (χ2n) is 8.70. The zero-order valence-corrected chi connectivity index (χ0v) is 18.5. The molecule has 30 heavy (non-hydrogen) atoms. The van der Waals surface area contributed by atoms with E-state index in [1.165, 1.54) is 55.7 Å². The van der Waals surface area contributed by atoms with Gasteiger partial charge in [-0.3, -0.25) is 4.98 Å². The number of benzene rings is 1. The molecule has 1 aromatic heterocycles. The van der Waals surface area contributed by atoms with Crippen LogP contribution in [0.15, 0.2) is 36.7 Å². The lowest BCUT2D eigenvalue weighted by molar-refractivity contribution is 0.233. The highest BCUT2D eigenvalue weighted by Gasteiger charge is 2.25. The average Bonchev–Trinajstić information content (AvgIpc) is 3.13. The van der Waals surface area contributed by atoms with E-state index in [0.29, 0.717) is 0 Å². The Balaban J connectivity index is 1.23. The van der Waals surface area contributed by atoms with Crippen molar-refractivity contribution >= 4 is 0 Å². The summed E-state index contributed by atoms with van der Waals surface area (Å²) in [6.07, 6.45) is 9.72. The van der Waals surface area contributed by atoms with E-state index in [0.717, 1.165) is 49.8 Å². The Morgan fingerprint density at radius 2 is 1.73 bits per heavy atom. The molecule has 1 atom stereocenters. The van der Waals surface area contributed by atoms with Gasteiger partial charge < -0.3 is 19.3 Å². The standard InChI is InChI=1S/C25H35N3O2/c1-29-24-15-22-8-13-28(14-9-23(22)16-25(24)30-2)19-21-7-12-27(18-21)11-4-6-20-5-3-10-26-17-20/h3,5,10,15-17,21H,4,6-9,11-14,18-19H2,1-2H3. The monoisotopic (exact) mass is 409 g/mol. The van der Waals surface area contributed by atoms with E-state index in [4.69, 9.17) is 9.47 Å². The molecule has 1 saturated heterocycles. The van der Waals surface area contributed by atoms with Crippen LogP contribution in [0.3, 0.4) is 0 Å². The Kier molecular flexibility index (Phi) is 7.24. The number of nitrogens with zero attached hydrogens (tertiary/aromatic N) is 3. The number of hydrogen-bond donors (Lipinski definition) is 0. The van der Waals surface area contributed by atoms with Crippen LogP contribution in [0.4, 0.5) is 0 Å². The lowest BCUT2D eigenvalue weighted by Gasteiger charge is -2.24. The minimum Gasteiger partial charge on any atom is -0.493 e. The van der Waals surface area contributed by atoms with E-state index in [2.05, 4.69) is 33.0 Å². The van der Waals surface area contributed by atoms with Crippen LogP contribution in [-0.4, -0.2) is 68.3 Å². The fraction of sp³-hybridized carbons (Fsp3) is 0.560. The predicted octanol–water partition coefficient (Wildman–Crippen LogP) is 3.45. The summed E-state index contributed by atoms with van der Waals surface area (Å²) in [5, 5.41) is 0. The van der Waals surface area contributed by atoms with Crippen LogP contribution in [0.1, 0.15) is 29.5 Å². The van der Waals surface area contributed by atoms with Gasteiger partial charge in [0.15, 0.2) is 11.5 Å². The van der Waals surface area contributed by atoms with Gasteiger partial charge in [-0.05, 0) is 86.0 Å². The van der Waals surface area contributed by atoms with Gasteiger partial charge in [0.2, 0.25) is 0 Å². The van der Waals surface area contributed by atoms with Crippen molar-refractivity contribution in [1.82, 2.24) is 14.8 Å². The van der Waals surface area contributed by atoms with Gasteiger partial charge in [-0.1, -0.05) is 6.07 Å². The highest BCUT2D eigenvalue weighted by Crippen LogP contribution is 2.32. The summed E-state index contributed by atoms with van der Waals surface area (Å²) in [6.45, 7) is 7.20. The highest BCUT2D eigenvalue weighted by atomic mass is 16.5. The number of rotatable bonds is 8. The fourth-order valence-electron chi connectivity index (χ4n) is 4.96. The zero-order chi connectivity index (χ0) is 20.8. The van der Waals surface area contributed by atoms with Crippen LogP contribution in [0.5, 0.6) is 11.5 Å². The zero-order valence-electron chi connectivity index (χ0n) is 18.5. The number of fused-ring (bicyclic) bond motifs is 1. The van der Waals surface area contributed by atoms with Gasteiger partial charge in [-0.2, -0.15) is 0 Å². The molecular formula is C25H35N3O2. The second-order valence-corrected chi connectivity index (χ2v) is 8.70. The summed E-state index contributed by atoms with van der Waals surface area (Å²) < 4.78 is 11.0. The quantitative estimate of drug-likeness (QED) is 0.668. The highest BCUT2D eigenvalue weighted by molar-refractivity contribution is 5.48. The molecule has 0 spiro atoms. The van der Waals surface area contributed by atoms with Crippen LogP contribution in [0.25, 0.3) is 0 Å². The molecule has 1 fully saturated rings. The summed E-state index contributed by atoms with van der Waals surface area (Å²) in [4.78, 5) is 9.55. The molecule has 1 unspecified atom stereocenters. The van der Waals surface area contributed by atoms with E-state index in [9.17, 15) is 0 Å². The molecule has 0 amide bonds. The first-order chi connectivity index (χ1) is 14.7. The summed E-state index contributed by atoms with van der Waals surface area (Å²) in [6, 6.07) is 8.57. The minimum atomic E-state index is 0.800. The molecule has 0 bridgehead atoms. The maximum Gasteiger partial charge on any atom is 0.161 e. The van der Waals surface area contributed by atoms with Gasteiger partial charge in [-0.15, -0.1) is 0 Å². The van der Waals surface area contributed by atoms with Crippen molar-refractivity contribution < 1.29 is 9.47 Å². The molecule has 2 aromatic rings. The number of aromatic nitrogens is 1. The number of ether oxygens (including phenoxy) is 2. The van der Waals surface area contributed by atoms with Crippen LogP contribution in [0.2, 0.25) is 0 Å². The molecule has 162 valence electrons. The molecule has 0 radical (unpaired) electrons. The molecule has 2 aliphatic heterocycles. The first-order valence-electron chi connectivity index (χ1n) is 11.3. The average molecular weight is 410 g/mol. The predicted molar refractivity (Wildman–Crippen MR) is 120 cm³/mol. The Morgan fingerprint density at radius 1 is 1.00 bits per heavy atom. The Morgan fingerprint density at radius 3 is 2.37 bits per heavy atom. The van der Waals surface area contributed by atoms with Gasteiger partial charge >= 0.3 is 0 Å². The first-order valence-corrected chi connectivity index (χ1v) is 11.3. The van der Waals surface area contributed by atoms with Crippen molar-refractivity contribution in [2.45, 2.75) is 32.1 Å². The largest absolute Gasteiger partial charge is 0.493 e. The van der Waals surface area contributed by atoms with Crippen molar-refractivity contribution in [3.05, 3.63) is 53.3 Å². The SMILES string of the molecule is COc1cc2c(cc1OC)CCN(CC1CCN(CCCc3cccnc3)C1)CC2. The van der Waals surface area contributed by atoms with Crippen molar-refractivity contribution in [2.75, 3.05) is 53.5 Å². The number of methoxy groups -OCH3 is 2. The first kappa shape index (κ1) is 21.1. The summed E-state index contributed by atoms with van der Waals surface area (Å²) in [5.41, 5.74) is 4.18.